The molecule has 0 bridgehead atoms. The fraction of sp³-hybridized carbons (Fsp3) is 0.261. The molecule has 8 nitrogen and oxygen atoms in total. The van der Waals surface area contributed by atoms with Gasteiger partial charge in [0.05, 0.1) is 31.9 Å². The number of nitrogens with zero attached hydrogens (tertiary/aromatic N) is 2. The van der Waals surface area contributed by atoms with Crippen LogP contribution in [0.25, 0.3) is 6.08 Å². The van der Waals surface area contributed by atoms with Crippen LogP contribution in [0.2, 0.25) is 0 Å². The molecule has 1 aliphatic heterocycles. The standard InChI is InChI=1S/C23H24N2O6S/c1-5-25-22(27)20(32-23(25)24-16-7-9-17(28-2)10-8-16)13-15-6-11-18(19(12-15)29-3)31-14-21(26)30-4/h6-13H,5,14H2,1-4H3. The third-order valence-corrected chi connectivity index (χ3v) is 5.57. The highest BCUT2D eigenvalue weighted by Crippen LogP contribution is 2.36. The fourth-order valence-electron chi connectivity index (χ4n) is 2.88. The van der Waals surface area contributed by atoms with Gasteiger partial charge in [-0.15, -0.1) is 0 Å². The Hall–Kier alpha value is -3.46. The zero-order valence-electron chi connectivity index (χ0n) is 18.3. The van der Waals surface area contributed by atoms with Gasteiger partial charge in [-0.25, -0.2) is 9.79 Å². The SMILES string of the molecule is CCN1C(=O)C(=Cc2ccc(OCC(=O)OC)c(OC)c2)SC1=Nc1ccc(OC)cc1. The molecule has 1 heterocycles. The summed E-state index contributed by atoms with van der Waals surface area (Å²) in [6, 6.07) is 12.5. The lowest BCUT2D eigenvalue weighted by atomic mass is 10.2. The molecule has 32 heavy (non-hydrogen) atoms. The molecule has 0 unspecified atom stereocenters. The highest BCUT2D eigenvalue weighted by atomic mass is 32.2. The first-order chi connectivity index (χ1) is 15.5. The van der Waals surface area contributed by atoms with E-state index in [2.05, 4.69) is 9.73 Å². The number of thioether (sulfide) groups is 1. The number of hydrogen-bond donors (Lipinski definition) is 0. The lowest BCUT2D eigenvalue weighted by molar-refractivity contribution is -0.142. The quantitative estimate of drug-likeness (QED) is 0.440. The Balaban J connectivity index is 1.83. The molecule has 9 heteroatoms. The summed E-state index contributed by atoms with van der Waals surface area (Å²) in [5.41, 5.74) is 1.49. The number of aliphatic imine (C=N–C) groups is 1. The third kappa shape index (κ3) is 5.42. The molecular formula is C23H24N2O6S. The van der Waals surface area contributed by atoms with E-state index < -0.39 is 5.97 Å². The minimum atomic E-state index is -0.491. The van der Waals surface area contributed by atoms with Crippen molar-refractivity contribution in [3.05, 3.63) is 52.9 Å². The molecule has 0 radical (unpaired) electrons. The van der Waals surface area contributed by atoms with Gasteiger partial charge in [0.2, 0.25) is 0 Å². The second kappa shape index (κ2) is 10.7. The van der Waals surface area contributed by atoms with E-state index in [-0.39, 0.29) is 12.5 Å². The van der Waals surface area contributed by atoms with Gasteiger partial charge in [0.15, 0.2) is 23.3 Å². The van der Waals surface area contributed by atoms with Crippen molar-refractivity contribution in [1.82, 2.24) is 4.90 Å². The maximum atomic E-state index is 12.9. The molecule has 0 atom stereocenters. The van der Waals surface area contributed by atoms with Crippen molar-refractivity contribution in [2.75, 3.05) is 34.5 Å². The number of rotatable bonds is 8. The fourth-order valence-corrected chi connectivity index (χ4v) is 3.94. The molecule has 0 aromatic heterocycles. The zero-order valence-corrected chi connectivity index (χ0v) is 19.1. The number of hydrogen-bond acceptors (Lipinski definition) is 8. The van der Waals surface area contributed by atoms with Crippen LogP contribution in [0.5, 0.6) is 17.2 Å². The van der Waals surface area contributed by atoms with Crippen molar-refractivity contribution in [2.45, 2.75) is 6.92 Å². The van der Waals surface area contributed by atoms with Gasteiger partial charge in [-0.2, -0.15) is 0 Å². The second-order valence-corrected chi connectivity index (χ2v) is 7.54. The number of amidine groups is 1. The molecular weight excluding hydrogens is 432 g/mol. The highest BCUT2D eigenvalue weighted by molar-refractivity contribution is 8.18. The van der Waals surface area contributed by atoms with Gasteiger partial charge in [0.1, 0.15) is 5.75 Å². The Morgan fingerprint density at radius 1 is 1.06 bits per heavy atom. The normalized spacial score (nSPS) is 15.9. The summed E-state index contributed by atoms with van der Waals surface area (Å²) in [6.45, 7) is 2.18. The first kappa shape index (κ1) is 23.2. The van der Waals surface area contributed by atoms with Crippen LogP contribution in [0, 0.1) is 0 Å². The Labute approximate surface area is 190 Å². The Morgan fingerprint density at radius 2 is 1.81 bits per heavy atom. The number of ether oxygens (including phenoxy) is 4. The molecule has 0 saturated carbocycles. The number of esters is 1. The van der Waals surface area contributed by atoms with Gasteiger partial charge >= 0.3 is 5.97 Å². The third-order valence-electron chi connectivity index (χ3n) is 4.56. The summed E-state index contributed by atoms with van der Waals surface area (Å²) in [5.74, 6) is 0.981. The van der Waals surface area contributed by atoms with E-state index in [1.165, 1.54) is 26.0 Å². The summed E-state index contributed by atoms with van der Waals surface area (Å²) in [7, 11) is 4.40. The molecule has 0 spiro atoms. The molecule has 168 valence electrons. The largest absolute Gasteiger partial charge is 0.497 e. The molecule has 0 aliphatic carbocycles. The van der Waals surface area contributed by atoms with E-state index >= 15 is 0 Å². The average molecular weight is 457 g/mol. The van der Waals surface area contributed by atoms with E-state index in [4.69, 9.17) is 14.2 Å². The van der Waals surface area contributed by atoms with E-state index in [0.29, 0.717) is 28.1 Å². The number of carbonyl (C=O) groups is 2. The van der Waals surface area contributed by atoms with E-state index in [1.54, 1.807) is 36.3 Å². The number of benzene rings is 2. The van der Waals surface area contributed by atoms with Crippen LogP contribution in [0.3, 0.4) is 0 Å². The topological polar surface area (TPSA) is 86.7 Å². The molecule has 1 aliphatic rings. The van der Waals surface area contributed by atoms with E-state index in [9.17, 15) is 9.59 Å². The maximum Gasteiger partial charge on any atom is 0.343 e. The van der Waals surface area contributed by atoms with E-state index in [1.807, 2.05) is 31.2 Å². The van der Waals surface area contributed by atoms with Crippen LogP contribution in [0.15, 0.2) is 52.4 Å². The van der Waals surface area contributed by atoms with Gasteiger partial charge in [-0.1, -0.05) is 6.07 Å². The molecule has 2 aromatic carbocycles. The van der Waals surface area contributed by atoms with Gasteiger partial charge in [-0.05, 0) is 66.7 Å². The summed E-state index contributed by atoms with van der Waals surface area (Å²) >= 11 is 1.31. The van der Waals surface area contributed by atoms with Gasteiger partial charge in [0, 0.05) is 6.54 Å². The van der Waals surface area contributed by atoms with Crippen molar-refractivity contribution in [1.29, 1.82) is 0 Å². The zero-order chi connectivity index (χ0) is 23.1. The summed E-state index contributed by atoms with van der Waals surface area (Å²) in [5, 5.41) is 0.610. The lowest BCUT2D eigenvalue weighted by Crippen LogP contribution is -2.28. The molecule has 1 saturated heterocycles. The van der Waals surface area contributed by atoms with Gasteiger partial charge < -0.3 is 18.9 Å². The minimum absolute atomic E-state index is 0.116. The summed E-state index contributed by atoms with van der Waals surface area (Å²) in [4.78, 5) is 31.0. The molecule has 0 N–H and O–H groups in total. The Morgan fingerprint density at radius 3 is 2.44 bits per heavy atom. The van der Waals surface area contributed by atoms with Crippen LogP contribution in [-0.2, 0) is 14.3 Å². The predicted molar refractivity (Wildman–Crippen MR) is 124 cm³/mol. The number of carbonyl (C=O) groups excluding carboxylic acids is 2. The summed E-state index contributed by atoms with van der Waals surface area (Å²) < 4.78 is 20.5. The number of amides is 1. The Bertz CT molecular complexity index is 1050. The van der Waals surface area contributed by atoms with Crippen LogP contribution >= 0.6 is 11.8 Å². The van der Waals surface area contributed by atoms with Crippen molar-refractivity contribution in [3.8, 4) is 17.2 Å². The van der Waals surface area contributed by atoms with Crippen molar-refractivity contribution in [3.63, 3.8) is 0 Å². The minimum Gasteiger partial charge on any atom is -0.497 e. The number of likely N-dealkylation sites (N-methyl/N-ethyl adjacent to an activating group) is 1. The van der Waals surface area contributed by atoms with Crippen molar-refractivity contribution < 1.29 is 28.5 Å². The Kier molecular flexibility index (Phi) is 7.77. The van der Waals surface area contributed by atoms with Crippen LogP contribution in [0.4, 0.5) is 5.69 Å². The highest BCUT2D eigenvalue weighted by Gasteiger charge is 2.32. The smallest absolute Gasteiger partial charge is 0.343 e. The van der Waals surface area contributed by atoms with Crippen LogP contribution < -0.4 is 14.2 Å². The maximum absolute atomic E-state index is 12.9. The molecule has 2 aromatic rings. The molecule has 1 fully saturated rings. The van der Waals surface area contributed by atoms with Gasteiger partial charge in [-0.3, -0.25) is 9.69 Å². The van der Waals surface area contributed by atoms with E-state index in [0.717, 1.165) is 17.0 Å². The van der Waals surface area contributed by atoms with Crippen molar-refractivity contribution in [2.24, 2.45) is 4.99 Å². The number of methoxy groups -OCH3 is 3. The van der Waals surface area contributed by atoms with Gasteiger partial charge in [0.25, 0.3) is 5.91 Å². The monoisotopic (exact) mass is 456 g/mol. The lowest BCUT2D eigenvalue weighted by Gasteiger charge is -2.12. The van der Waals surface area contributed by atoms with Crippen LogP contribution in [0.1, 0.15) is 12.5 Å². The average Bonchev–Trinajstić information content (AvgIpc) is 3.11. The molecule has 1 amide bonds. The van der Waals surface area contributed by atoms with Crippen LogP contribution in [-0.4, -0.2) is 56.4 Å². The summed E-state index contributed by atoms with van der Waals surface area (Å²) in [6.07, 6.45) is 1.78. The van der Waals surface area contributed by atoms with Crippen molar-refractivity contribution >= 4 is 40.6 Å². The first-order valence-electron chi connectivity index (χ1n) is 9.80. The second-order valence-electron chi connectivity index (χ2n) is 6.53. The predicted octanol–water partition coefficient (Wildman–Crippen LogP) is 3.88. The first-order valence-corrected chi connectivity index (χ1v) is 10.6. The molecule has 3 rings (SSSR count).